The Labute approximate surface area is 102 Å². The molecule has 2 aromatic rings. The van der Waals surface area contributed by atoms with Crippen LogP contribution in [-0.4, -0.2) is 9.97 Å². The van der Waals surface area contributed by atoms with Crippen LogP contribution >= 0.6 is 0 Å². The summed E-state index contributed by atoms with van der Waals surface area (Å²) in [4.78, 5) is 8.41. The van der Waals surface area contributed by atoms with Gasteiger partial charge in [0.25, 0.3) is 0 Å². The summed E-state index contributed by atoms with van der Waals surface area (Å²) in [6, 6.07) is 8.85. The molecule has 3 heteroatoms. The topological polar surface area (TPSA) is 51.8 Å². The molecule has 0 spiro atoms. The van der Waals surface area contributed by atoms with Crippen LogP contribution in [0.2, 0.25) is 0 Å². The van der Waals surface area contributed by atoms with E-state index in [1.807, 2.05) is 18.2 Å². The van der Waals surface area contributed by atoms with Gasteiger partial charge in [0.05, 0.1) is 5.69 Å². The molecule has 2 rings (SSSR count). The van der Waals surface area contributed by atoms with E-state index >= 15 is 0 Å². The first-order valence-corrected chi connectivity index (χ1v) is 5.88. The van der Waals surface area contributed by atoms with E-state index in [1.165, 1.54) is 0 Å². The summed E-state index contributed by atoms with van der Waals surface area (Å²) < 4.78 is 0. The van der Waals surface area contributed by atoms with Crippen LogP contribution in [0.3, 0.4) is 0 Å². The van der Waals surface area contributed by atoms with Crippen molar-refractivity contribution in [3.05, 3.63) is 42.4 Å². The number of unbranched alkanes of at least 4 members (excludes halogenated alkanes) is 1. The molecule has 3 nitrogen and oxygen atoms in total. The van der Waals surface area contributed by atoms with Gasteiger partial charge in [0.2, 0.25) is 0 Å². The minimum absolute atomic E-state index is 0.467. The van der Waals surface area contributed by atoms with Gasteiger partial charge in [-0.05, 0) is 36.6 Å². The molecule has 0 unspecified atom stereocenters. The lowest BCUT2D eigenvalue weighted by Crippen LogP contribution is -1.99. The minimum Gasteiger partial charge on any atom is -0.383 e. The smallest absolute Gasteiger partial charge is 0.131 e. The van der Waals surface area contributed by atoms with Crippen molar-refractivity contribution in [3.8, 4) is 11.1 Å². The van der Waals surface area contributed by atoms with Crippen molar-refractivity contribution in [2.75, 3.05) is 5.73 Å². The fraction of sp³-hybridized carbons (Fsp3) is 0.286. The highest BCUT2D eigenvalue weighted by Crippen LogP contribution is 2.23. The van der Waals surface area contributed by atoms with Crippen LogP contribution in [0.4, 0.5) is 5.82 Å². The van der Waals surface area contributed by atoms with E-state index < -0.39 is 0 Å². The third kappa shape index (κ3) is 2.81. The van der Waals surface area contributed by atoms with Gasteiger partial charge in [0.1, 0.15) is 5.82 Å². The Bertz CT molecular complexity index is 480. The fourth-order valence-electron chi connectivity index (χ4n) is 1.78. The molecule has 0 fully saturated rings. The third-order valence-electron chi connectivity index (χ3n) is 2.69. The van der Waals surface area contributed by atoms with Crippen molar-refractivity contribution < 1.29 is 0 Å². The second-order valence-electron chi connectivity index (χ2n) is 3.99. The SMILES string of the molecule is CCCCc1nc(N)[c]cc1-c1ccncc1. The van der Waals surface area contributed by atoms with Gasteiger partial charge in [-0.3, -0.25) is 4.98 Å². The summed E-state index contributed by atoms with van der Waals surface area (Å²) in [5.74, 6) is 0.467. The number of nitrogen functional groups attached to an aromatic ring is 1. The lowest BCUT2D eigenvalue weighted by molar-refractivity contribution is 0.779. The van der Waals surface area contributed by atoms with Gasteiger partial charge in [-0.25, -0.2) is 4.98 Å². The molecule has 0 aliphatic carbocycles. The molecule has 87 valence electrons. The highest BCUT2D eigenvalue weighted by molar-refractivity contribution is 5.66. The minimum atomic E-state index is 0.467. The summed E-state index contributed by atoms with van der Waals surface area (Å²) >= 11 is 0. The number of nitrogens with two attached hydrogens (primary N) is 1. The predicted octanol–water partition coefficient (Wildman–Crippen LogP) is 2.87. The molecule has 0 atom stereocenters. The van der Waals surface area contributed by atoms with Gasteiger partial charge in [-0.1, -0.05) is 13.3 Å². The Morgan fingerprint density at radius 3 is 2.76 bits per heavy atom. The maximum atomic E-state index is 5.70. The van der Waals surface area contributed by atoms with Gasteiger partial charge in [-0.15, -0.1) is 0 Å². The van der Waals surface area contributed by atoms with Crippen molar-refractivity contribution in [2.45, 2.75) is 26.2 Å². The molecule has 0 saturated carbocycles. The molecular formula is C14H16N3. The molecule has 0 bridgehead atoms. The van der Waals surface area contributed by atoms with Gasteiger partial charge >= 0.3 is 0 Å². The highest BCUT2D eigenvalue weighted by atomic mass is 14.8. The van der Waals surface area contributed by atoms with Crippen LogP contribution in [0.15, 0.2) is 30.6 Å². The van der Waals surface area contributed by atoms with Crippen molar-refractivity contribution in [3.63, 3.8) is 0 Å². The lowest BCUT2D eigenvalue weighted by atomic mass is 10.0. The molecule has 2 N–H and O–H groups in total. The molecule has 0 aromatic carbocycles. The zero-order valence-corrected chi connectivity index (χ0v) is 9.98. The quantitative estimate of drug-likeness (QED) is 0.872. The second-order valence-corrected chi connectivity index (χ2v) is 3.99. The van der Waals surface area contributed by atoms with Gasteiger partial charge < -0.3 is 5.73 Å². The number of aryl methyl sites for hydroxylation is 1. The molecule has 1 radical (unpaired) electrons. The molecule has 0 aliphatic rings. The van der Waals surface area contributed by atoms with Crippen LogP contribution in [0.5, 0.6) is 0 Å². The number of anilines is 1. The van der Waals surface area contributed by atoms with Crippen molar-refractivity contribution in [1.29, 1.82) is 0 Å². The van der Waals surface area contributed by atoms with Crippen LogP contribution in [0.1, 0.15) is 25.5 Å². The van der Waals surface area contributed by atoms with E-state index in [0.29, 0.717) is 5.82 Å². The molecule has 0 aliphatic heterocycles. The average Bonchev–Trinajstić information content (AvgIpc) is 2.37. The molecule has 0 amide bonds. The van der Waals surface area contributed by atoms with E-state index in [0.717, 1.165) is 36.1 Å². The zero-order valence-electron chi connectivity index (χ0n) is 9.98. The zero-order chi connectivity index (χ0) is 12.1. The Morgan fingerprint density at radius 1 is 1.29 bits per heavy atom. The summed E-state index contributed by atoms with van der Waals surface area (Å²) in [5.41, 5.74) is 8.98. The predicted molar refractivity (Wildman–Crippen MR) is 69.3 cm³/mol. The number of hydrogen-bond donors (Lipinski definition) is 1. The Balaban J connectivity index is 2.39. The summed E-state index contributed by atoms with van der Waals surface area (Å²) in [6.07, 6.45) is 6.79. The van der Waals surface area contributed by atoms with E-state index in [-0.39, 0.29) is 0 Å². The van der Waals surface area contributed by atoms with Crippen LogP contribution < -0.4 is 5.73 Å². The number of hydrogen-bond acceptors (Lipinski definition) is 3. The van der Waals surface area contributed by atoms with E-state index in [9.17, 15) is 0 Å². The standard InChI is InChI=1S/C14H16N3/c1-2-3-4-13-12(5-6-14(15)17-13)11-7-9-16-10-8-11/h5,7-10H,2-4H2,1H3,(H2,15,17). The highest BCUT2D eigenvalue weighted by Gasteiger charge is 2.06. The maximum absolute atomic E-state index is 5.70. The summed E-state index contributed by atoms with van der Waals surface area (Å²) in [6.45, 7) is 2.17. The van der Waals surface area contributed by atoms with Crippen molar-refractivity contribution in [2.24, 2.45) is 0 Å². The Kier molecular flexibility index (Phi) is 3.70. The van der Waals surface area contributed by atoms with Crippen molar-refractivity contribution in [1.82, 2.24) is 9.97 Å². The number of rotatable bonds is 4. The maximum Gasteiger partial charge on any atom is 0.131 e. The number of nitrogens with zero attached hydrogens (tertiary/aromatic N) is 2. The first-order chi connectivity index (χ1) is 8.31. The normalized spacial score (nSPS) is 10.4. The van der Waals surface area contributed by atoms with Gasteiger partial charge in [0.15, 0.2) is 0 Å². The molecule has 2 aromatic heterocycles. The van der Waals surface area contributed by atoms with E-state index in [4.69, 9.17) is 5.73 Å². The van der Waals surface area contributed by atoms with Gasteiger partial charge in [0, 0.05) is 24.0 Å². The summed E-state index contributed by atoms with van der Waals surface area (Å²) in [5, 5.41) is 0. The van der Waals surface area contributed by atoms with Gasteiger partial charge in [-0.2, -0.15) is 0 Å². The number of pyridine rings is 2. The summed E-state index contributed by atoms with van der Waals surface area (Å²) in [7, 11) is 0. The molecule has 2 heterocycles. The Morgan fingerprint density at radius 2 is 2.06 bits per heavy atom. The largest absolute Gasteiger partial charge is 0.383 e. The second kappa shape index (κ2) is 5.43. The van der Waals surface area contributed by atoms with Crippen LogP contribution in [0.25, 0.3) is 11.1 Å². The first-order valence-electron chi connectivity index (χ1n) is 5.88. The van der Waals surface area contributed by atoms with Crippen LogP contribution in [-0.2, 0) is 6.42 Å². The monoisotopic (exact) mass is 226 g/mol. The molecule has 0 saturated heterocycles. The first kappa shape index (κ1) is 11.6. The van der Waals surface area contributed by atoms with Crippen LogP contribution in [0, 0.1) is 6.07 Å². The molecular weight excluding hydrogens is 210 g/mol. The third-order valence-corrected chi connectivity index (χ3v) is 2.69. The molecule has 17 heavy (non-hydrogen) atoms. The van der Waals surface area contributed by atoms with E-state index in [1.54, 1.807) is 12.4 Å². The van der Waals surface area contributed by atoms with E-state index in [2.05, 4.69) is 23.0 Å². The lowest BCUT2D eigenvalue weighted by Gasteiger charge is -2.08. The fourth-order valence-corrected chi connectivity index (χ4v) is 1.78. The average molecular weight is 226 g/mol. The van der Waals surface area contributed by atoms with Crippen molar-refractivity contribution >= 4 is 5.82 Å². The Hall–Kier alpha value is -1.90. The number of aromatic nitrogens is 2.